The first-order valence-electron chi connectivity index (χ1n) is 10.8. The Bertz CT molecular complexity index is 1020. The van der Waals surface area contributed by atoms with E-state index in [1.165, 1.54) is 11.1 Å². The van der Waals surface area contributed by atoms with Crippen LogP contribution < -0.4 is 4.74 Å². The van der Waals surface area contributed by atoms with E-state index in [2.05, 4.69) is 33.1 Å². The molecule has 2 aromatic carbocycles. The van der Waals surface area contributed by atoms with Gasteiger partial charge in [0.1, 0.15) is 11.6 Å². The standard InChI is InChI=1S/C24H28N4O2/c1-30-20-7-6-19-15-28(13-10-18(19)14-20)24(29)17-8-11-27(12-9-17)16-23-25-21-4-2-3-5-22(21)26-23/h2-7,14,17H,8-13,15-16H2,1H3,(H,25,26). The van der Waals surface area contributed by atoms with E-state index < -0.39 is 0 Å². The number of hydrogen-bond donors (Lipinski definition) is 1. The summed E-state index contributed by atoms with van der Waals surface area (Å²) in [5, 5.41) is 0. The van der Waals surface area contributed by atoms with Gasteiger partial charge in [0, 0.05) is 19.0 Å². The van der Waals surface area contributed by atoms with Crippen LogP contribution in [0.2, 0.25) is 0 Å². The van der Waals surface area contributed by atoms with Crippen molar-refractivity contribution in [2.45, 2.75) is 32.4 Å². The largest absolute Gasteiger partial charge is 0.497 e. The monoisotopic (exact) mass is 404 g/mol. The van der Waals surface area contributed by atoms with Gasteiger partial charge in [0.25, 0.3) is 0 Å². The number of carbonyl (C=O) groups is 1. The summed E-state index contributed by atoms with van der Waals surface area (Å²) in [5.74, 6) is 2.35. The van der Waals surface area contributed by atoms with Gasteiger partial charge in [-0.3, -0.25) is 9.69 Å². The van der Waals surface area contributed by atoms with Gasteiger partial charge in [0.15, 0.2) is 0 Å². The molecule has 0 aliphatic carbocycles. The fourth-order valence-corrected chi connectivity index (χ4v) is 4.73. The number of benzene rings is 2. The second-order valence-electron chi connectivity index (χ2n) is 8.40. The molecule has 2 aliphatic heterocycles. The number of carbonyl (C=O) groups excluding carboxylic acids is 1. The third-order valence-electron chi connectivity index (χ3n) is 6.49. The van der Waals surface area contributed by atoms with Gasteiger partial charge in [0.05, 0.1) is 24.7 Å². The van der Waals surface area contributed by atoms with E-state index in [1.807, 2.05) is 29.2 Å². The molecule has 30 heavy (non-hydrogen) atoms. The van der Waals surface area contributed by atoms with Crippen molar-refractivity contribution in [3.63, 3.8) is 0 Å². The molecule has 0 bridgehead atoms. The summed E-state index contributed by atoms with van der Waals surface area (Å²) in [7, 11) is 1.70. The predicted octanol–water partition coefficient (Wildman–Crippen LogP) is 3.37. The number of imidazole rings is 1. The number of nitrogens with one attached hydrogen (secondary N) is 1. The van der Waals surface area contributed by atoms with Gasteiger partial charge in [-0.15, -0.1) is 0 Å². The minimum Gasteiger partial charge on any atom is -0.497 e. The van der Waals surface area contributed by atoms with Gasteiger partial charge in [-0.25, -0.2) is 4.98 Å². The van der Waals surface area contributed by atoms with E-state index in [9.17, 15) is 4.79 Å². The van der Waals surface area contributed by atoms with Gasteiger partial charge in [-0.2, -0.15) is 0 Å². The highest BCUT2D eigenvalue weighted by Gasteiger charge is 2.30. The van der Waals surface area contributed by atoms with Crippen LogP contribution in [0, 0.1) is 5.92 Å². The molecule has 1 N–H and O–H groups in total. The Kier molecular flexibility index (Phi) is 5.17. The maximum Gasteiger partial charge on any atom is 0.226 e. The normalized spacial score (nSPS) is 17.8. The molecule has 0 radical (unpaired) electrons. The van der Waals surface area contributed by atoms with Crippen LogP contribution in [-0.4, -0.2) is 52.4 Å². The Morgan fingerprint density at radius 3 is 2.77 bits per heavy atom. The highest BCUT2D eigenvalue weighted by atomic mass is 16.5. The lowest BCUT2D eigenvalue weighted by Gasteiger charge is -2.36. The molecular formula is C24H28N4O2. The summed E-state index contributed by atoms with van der Waals surface area (Å²) in [6.45, 7) is 4.22. The molecule has 2 aliphatic rings. The SMILES string of the molecule is COc1ccc2c(c1)CCN(C(=O)C1CCN(Cc3nc4ccccc4[nH]3)CC1)C2. The number of fused-ring (bicyclic) bond motifs is 2. The number of para-hydroxylation sites is 2. The quantitative estimate of drug-likeness (QED) is 0.724. The molecule has 3 heterocycles. The van der Waals surface area contributed by atoms with Crippen LogP contribution in [-0.2, 0) is 24.3 Å². The number of amides is 1. The summed E-state index contributed by atoms with van der Waals surface area (Å²) in [5.41, 5.74) is 4.65. The van der Waals surface area contributed by atoms with Gasteiger partial charge < -0.3 is 14.6 Å². The molecule has 6 nitrogen and oxygen atoms in total. The van der Waals surface area contributed by atoms with Gasteiger partial charge in [-0.1, -0.05) is 18.2 Å². The highest BCUT2D eigenvalue weighted by molar-refractivity contribution is 5.79. The molecule has 6 heteroatoms. The minimum absolute atomic E-state index is 0.136. The van der Waals surface area contributed by atoms with Crippen molar-refractivity contribution in [2.75, 3.05) is 26.7 Å². The zero-order valence-electron chi connectivity index (χ0n) is 17.4. The Labute approximate surface area is 176 Å². The lowest BCUT2D eigenvalue weighted by atomic mass is 9.93. The van der Waals surface area contributed by atoms with Crippen molar-refractivity contribution in [2.24, 2.45) is 5.92 Å². The number of aromatic amines is 1. The molecule has 5 rings (SSSR count). The molecule has 156 valence electrons. The molecular weight excluding hydrogens is 376 g/mol. The first-order valence-corrected chi connectivity index (χ1v) is 10.8. The third kappa shape index (κ3) is 3.79. The van der Waals surface area contributed by atoms with Crippen LogP contribution in [0.4, 0.5) is 0 Å². The van der Waals surface area contributed by atoms with Crippen LogP contribution >= 0.6 is 0 Å². The zero-order chi connectivity index (χ0) is 20.5. The topological polar surface area (TPSA) is 61.5 Å². The van der Waals surface area contributed by atoms with Crippen LogP contribution in [0.3, 0.4) is 0 Å². The summed E-state index contributed by atoms with van der Waals surface area (Å²) in [4.78, 5) is 25.7. The number of likely N-dealkylation sites (tertiary alicyclic amines) is 1. The average Bonchev–Trinajstić information content (AvgIpc) is 3.20. The van der Waals surface area contributed by atoms with Crippen molar-refractivity contribution in [1.82, 2.24) is 19.8 Å². The lowest BCUT2D eigenvalue weighted by molar-refractivity contribution is -0.138. The first kappa shape index (κ1) is 19.1. The number of piperidine rings is 1. The van der Waals surface area contributed by atoms with Crippen molar-refractivity contribution in [3.8, 4) is 5.75 Å². The first-order chi connectivity index (χ1) is 14.7. The van der Waals surface area contributed by atoms with Gasteiger partial charge in [-0.05, 0) is 67.7 Å². The second-order valence-corrected chi connectivity index (χ2v) is 8.40. The molecule has 0 spiro atoms. The van der Waals surface area contributed by atoms with Crippen LogP contribution in [0.5, 0.6) is 5.75 Å². The van der Waals surface area contributed by atoms with E-state index in [1.54, 1.807) is 7.11 Å². The molecule has 1 fully saturated rings. The Hall–Kier alpha value is -2.86. The van der Waals surface area contributed by atoms with Crippen molar-refractivity contribution in [1.29, 1.82) is 0 Å². The molecule has 0 atom stereocenters. The highest BCUT2D eigenvalue weighted by Crippen LogP contribution is 2.27. The van der Waals surface area contributed by atoms with E-state index in [0.717, 1.165) is 74.6 Å². The maximum atomic E-state index is 13.1. The predicted molar refractivity (Wildman–Crippen MR) is 116 cm³/mol. The fourth-order valence-electron chi connectivity index (χ4n) is 4.73. The maximum absolute atomic E-state index is 13.1. The van der Waals surface area contributed by atoms with Crippen LogP contribution in [0.25, 0.3) is 11.0 Å². The molecule has 3 aromatic rings. The van der Waals surface area contributed by atoms with E-state index >= 15 is 0 Å². The molecule has 1 amide bonds. The van der Waals surface area contributed by atoms with Gasteiger partial charge in [0.2, 0.25) is 5.91 Å². The van der Waals surface area contributed by atoms with Crippen molar-refractivity contribution >= 4 is 16.9 Å². The fraction of sp³-hybridized carbons (Fsp3) is 0.417. The summed E-state index contributed by atoms with van der Waals surface area (Å²) >= 11 is 0. The van der Waals surface area contributed by atoms with E-state index in [-0.39, 0.29) is 5.92 Å². The number of nitrogens with zero attached hydrogens (tertiary/aromatic N) is 3. The van der Waals surface area contributed by atoms with Crippen molar-refractivity contribution < 1.29 is 9.53 Å². The molecule has 1 aromatic heterocycles. The Morgan fingerprint density at radius 2 is 1.97 bits per heavy atom. The number of ether oxygens (including phenoxy) is 1. The van der Waals surface area contributed by atoms with Crippen molar-refractivity contribution in [3.05, 3.63) is 59.4 Å². The lowest BCUT2D eigenvalue weighted by Crippen LogP contribution is -2.44. The summed E-state index contributed by atoms with van der Waals surface area (Å²) < 4.78 is 5.33. The van der Waals surface area contributed by atoms with E-state index in [0.29, 0.717) is 5.91 Å². The Balaban J connectivity index is 1.16. The number of hydrogen-bond acceptors (Lipinski definition) is 4. The zero-order valence-corrected chi connectivity index (χ0v) is 17.4. The Morgan fingerprint density at radius 1 is 1.13 bits per heavy atom. The number of rotatable bonds is 4. The summed E-state index contributed by atoms with van der Waals surface area (Å²) in [6.07, 6.45) is 2.75. The third-order valence-corrected chi connectivity index (χ3v) is 6.49. The number of aromatic nitrogens is 2. The van der Waals surface area contributed by atoms with E-state index in [4.69, 9.17) is 4.74 Å². The smallest absolute Gasteiger partial charge is 0.226 e. The second kappa shape index (κ2) is 8.11. The number of methoxy groups -OCH3 is 1. The van der Waals surface area contributed by atoms with Crippen LogP contribution in [0.15, 0.2) is 42.5 Å². The molecule has 0 unspecified atom stereocenters. The minimum atomic E-state index is 0.136. The average molecular weight is 405 g/mol. The van der Waals surface area contributed by atoms with Gasteiger partial charge >= 0.3 is 0 Å². The summed E-state index contributed by atoms with van der Waals surface area (Å²) in [6, 6.07) is 14.3. The molecule has 1 saturated heterocycles. The van der Waals surface area contributed by atoms with Crippen LogP contribution in [0.1, 0.15) is 29.8 Å². The molecule has 0 saturated carbocycles. The number of H-pyrrole nitrogens is 1.